The minimum atomic E-state index is -0.568. The van der Waals surface area contributed by atoms with E-state index in [9.17, 15) is 14.9 Å². The normalized spacial score (nSPS) is 10.5. The summed E-state index contributed by atoms with van der Waals surface area (Å²) < 4.78 is 21.7. The van der Waals surface area contributed by atoms with Crippen molar-refractivity contribution in [3.8, 4) is 23.0 Å². The molecule has 0 unspecified atom stereocenters. The maximum absolute atomic E-state index is 12.7. The molecular formula is C18H21NO7. The fraction of sp³-hybridized carbons (Fsp3) is 0.389. The van der Waals surface area contributed by atoms with Gasteiger partial charge in [0.2, 0.25) is 5.75 Å². The minimum absolute atomic E-state index is 0.00134. The van der Waals surface area contributed by atoms with Crippen LogP contribution in [-0.4, -0.2) is 39.1 Å². The number of benzene rings is 2. The van der Waals surface area contributed by atoms with Gasteiger partial charge in [-0.1, -0.05) is 6.92 Å². The summed E-state index contributed by atoms with van der Waals surface area (Å²) in [6, 6.07) is 1.24. The number of ketones is 1. The first-order chi connectivity index (χ1) is 12.4. The Bertz CT molecular complexity index is 889. The number of nitrogens with zero attached hydrogens (tertiary/aromatic N) is 1. The van der Waals surface area contributed by atoms with Gasteiger partial charge in [0.25, 0.3) is 0 Å². The van der Waals surface area contributed by atoms with Gasteiger partial charge in [-0.15, -0.1) is 0 Å². The number of methoxy groups -OCH3 is 4. The topological polar surface area (TPSA) is 97.1 Å². The summed E-state index contributed by atoms with van der Waals surface area (Å²) in [5.74, 6) is 0.644. The van der Waals surface area contributed by atoms with Gasteiger partial charge in [-0.05, 0) is 6.92 Å². The van der Waals surface area contributed by atoms with Gasteiger partial charge < -0.3 is 18.9 Å². The summed E-state index contributed by atoms with van der Waals surface area (Å²) in [5, 5.41) is 12.2. The zero-order valence-corrected chi connectivity index (χ0v) is 15.6. The highest BCUT2D eigenvalue weighted by Crippen LogP contribution is 2.51. The first kappa shape index (κ1) is 19.3. The summed E-state index contributed by atoms with van der Waals surface area (Å²) in [7, 11) is 5.60. The lowest BCUT2D eigenvalue weighted by atomic mass is 9.93. The molecule has 0 aliphatic heterocycles. The van der Waals surface area contributed by atoms with Crippen molar-refractivity contribution in [3.05, 3.63) is 27.3 Å². The van der Waals surface area contributed by atoms with Gasteiger partial charge >= 0.3 is 5.69 Å². The zero-order chi connectivity index (χ0) is 19.6. The Morgan fingerprint density at radius 2 is 1.58 bits per heavy atom. The second-order valence-electron chi connectivity index (χ2n) is 5.48. The second kappa shape index (κ2) is 7.47. The van der Waals surface area contributed by atoms with Gasteiger partial charge in [0, 0.05) is 17.4 Å². The van der Waals surface area contributed by atoms with Crippen LogP contribution < -0.4 is 18.9 Å². The summed E-state index contributed by atoms with van der Waals surface area (Å²) in [4.78, 5) is 23.6. The van der Waals surface area contributed by atoms with E-state index in [0.717, 1.165) is 0 Å². The summed E-state index contributed by atoms with van der Waals surface area (Å²) in [6.45, 7) is 3.44. The molecule has 2 aromatic carbocycles. The van der Waals surface area contributed by atoms with E-state index in [1.54, 1.807) is 13.8 Å². The van der Waals surface area contributed by atoms with E-state index in [1.165, 1.54) is 34.5 Å². The number of hydrogen-bond donors (Lipinski definition) is 0. The first-order valence-corrected chi connectivity index (χ1v) is 7.88. The molecular weight excluding hydrogens is 342 g/mol. The lowest BCUT2D eigenvalue weighted by Crippen LogP contribution is -2.08. The SMILES string of the molecule is CCC(=O)c1c(OC)c(C)c(OC)c2c(OC)c([N+](=O)[O-])cc(OC)c12. The van der Waals surface area contributed by atoms with Crippen molar-refractivity contribution in [1.29, 1.82) is 0 Å². The average molecular weight is 363 g/mol. The van der Waals surface area contributed by atoms with E-state index in [0.29, 0.717) is 27.8 Å². The highest BCUT2D eigenvalue weighted by Gasteiger charge is 2.31. The highest BCUT2D eigenvalue weighted by atomic mass is 16.6. The van der Waals surface area contributed by atoms with Crippen LogP contribution in [0.4, 0.5) is 5.69 Å². The number of ether oxygens (including phenoxy) is 4. The minimum Gasteiger partial charge on any atom is -0.496 e. The predicted octanol–water partition coefficient (Wildman–Crippen LogP) is 3.68. The molecule has 0 N–H and O–H groups in total. The van der Waals surface area contributed by atoms with Crippen LogP contribution >= 0.6 is 0 Å². The molecule has 0 atom stereocenters. The molecule has 0 aliphatic carbocycles. The summed E-state index contributed by atoms with van der Waals surface area (Å²) in [6.07, 6.45) is 0.222. The fourth-order valence-corrected chi connectivity index (χ4v) is 3.14. The van der Waals surface area contributed by atoms with Crippen LogP contribution in [0.15, 0.2) is 6.07 Å². The molecule has 0 spiro atoms. The number of hydrogen-bond acceptors (Lipinski definition) is 7. The Balaban J connectivity index is 3.27. The van der Waals surface area contributed by atoms with Crippen molar-refractivity contribution in [3.63, 3.8) is 0 Å². The predicted molar refractivity (Wildman–Crippen MR) is 96.2 cm³/mol. The molecule has 0 radical (unpaired) electrons. The molecule has 0 fully saturated rings. The maximum Gasteiger partial charge on any atom is 0.315 e. The number of nitro groups is 1. The van der Waals surface area contributed by atoms with Crippen LogP contribution in [0, 0.1) is 17.0 Å². The Labute approximate surface area is 150 Å². The number of carbonyl (C=O) groups is 1. The van der Waals surface area contributed by atoms with Gasteiger partial charge in [0.05, 0.1) is 50.4 Å². The van der Waals surface area contributed by atoms with Crippen LogP contribution in [-0.2, 0) is 0 Å². The number of nitro benzene ring substituents is 1. The fourth-order valence-electron chi connectivity index (χ4n) is 3.14. The first-order valence-electron chi connectivity index (χ1n) is 7.88. The Kier molecular flexibility index (Phi) is 5.54. The molecule has 2 aromatic rings. The third-order valence-electron chi connectivity index (χ3n) is 4.24. The van der Waals surface area contributed by atoms with Crippen molar-refractivity contribution in [2.75, 3.05) is 28.4 Å². The monoisotopic (exact) mass is 363 g/mol. The van der Waals surface area contributed by atoms with Gasteiger partial charge in [-0.25, -0.2) is 0 Å². The maximum atomic E-state index is 12.7. The Hall–Kier alpha value is -3.03. The molecule has 0 aromatic heterocycles. The molecule has 140 valence electrons. The lowest BCUT2D eigenvalue weighted by Gasteiger charge is -2.21. The summed E-state index contributed by atoms with van der Waals surface area (Å²) in [5.41, 5.74) is 0.545. The second-order valence-corrected chi connectivity index (χ2v) is 5.48. The van der Waals surface area contributed by atoms with Gasteiger partial charge in [-0.3, -0.25) is 14.9 Å². The van der Waals surface area contributed by atoms with Crippen molar-refractivity contribution < 1.29 is 28.7 Å². The van der Waals surface area contributed by atoms with E-state index >= 15 is 0 Å². The number of carbonyl (C=O) groups excluding carboxylic acids is 1. The molecule has 0 bridgehead atoms. The van der Waals surface area contributed by atoms with Crippen molar-refractivity contribution in [1.82, 2.24) is 0 Å². The summed E-state index contributed by atoms with van der Waals surface area (Å²) >= 11 is 0. The molecule has 8 heteroatoms. The molecule has 26 heavy (non-hydrogen) atoms. The molecule has 0 saturated heterocycles. The molecule has 0 saturated carbocycles. The molecule has 0 aliphatic rings. The van der Waals surface area contributed by atoms with Crippen LogP contribution in [0.5, 0.6) is 23.0 Å². The van der Waals surface area contributed by atoms with Crippen LogP contribution in [0.25, 0.3) is 10.8 Å². The highest BCUT2D eigenvalue weighted by molar-refractivity contribution is 6.17. The largest absolute Gasteiger partial charge is 0.496 e. The number of Topliss-reactive ketones (excluding diaryl/α,β-unsaturated/α-hetero) is 1. The third kappa shape index (κ3) is 2.77. The third-order valence-corrected chi connectivity index (χ3v) is 4.24. The quantitative estimate of drug-likeness (QED) is 0.420. The van der Waals surface area contributed by atoms with Crippen molar-refractivity contribution >= 4 is 22.2 Å². The lowest BCUT2D eigenvalue weighted by molar-refractivity contribution is -0.385. The van der Waals surface area contributed by atoms with Crippen LogP contribution in [0.3, 0.4) is 0 Å². The van der Waals surface area contributed by atoms with Crippen molar-refractivity contribution in [2.24, 2.45) is 0 Å². The molecule has 0 amide bonds. The smallest absolute Gasteiger partial charge is 0.315 e. The van der Waals surface area contributed by atoms with Gasteiger partial charge in [-0.2, -0.15) is 0 Å². The van der Waals surface area contributed by atoms with E-state index in [1.807, 2.05) is 0 Å². The molecule has 0 heterocycles. The van der Waals surface area contributed by atoms with Gasteiger partial charge in [0.15, 0.2) is 5.78 Å². The van der Waals surface area contributed by atoms with E-state index < -0.39 is 4.92 Å². The number of rotatable bonds is 7. The van der Waals surface area contributed by atoms with Crippen LogP contribution in [0.2, 0.25) is 0 Å². The van der Waals surface area contributed by atoms with E-state index in [4.69, 9.17) is 18.9 Å². The zero-order valence-electron chi connectivity index (χ0n) is 15.6. The van der Waals surface area contributed by atoms with Gasteiger partial charge in [0.1, 0.15) is 17.2 Å². The standard InChI is InChI=1S/C18H21NO7/c1-7-11(20)13-14-12(23-3)8-10(19(21)22)18(26-6)15(14)17(25-5)9(2)16(13)24-4/h8H,7H2,1-6H3. The van der Waals surface area contributed by atoms with Crippen molar-refractivity contribution in [2.45, 2.75) is 20.3 Å². The molecule has 2 rings (SSSR count). The Morgan fingerprint density at radius 3 is 2.00 bits per heavy atom. The van der Waals surface area contributed by atoms with E-state index in [2.05, 4.69) is 0 Å². The Morgan fingerprint density at radius 1 is 1.00 bits per heavy atom. The number of fused-ring (bicyclic) bond motifs is 1. The molecule has 8 nitrogen and oxygen atoms in total. The average Bonchev–Trinajstić information content (AvgIpc) is 2.64. The van der Waals surface area contributed by atoms with E-state index in [-0.39, 0.29) is 35.0 Å². The van der Waals surface area contributed by atoms with Crippen LogP contribution in [0.1, 0.15) is 29.3 Å².